The molecule has 35 heavy (non-hydrogen) atoms. The summed E-state index contributed by atoms with van der Waals surface area (Å²) in [6, 6.07) is 9.71. The van der Waals surface area contributed by atoms with Crippen LogP contribution in [0.25, 0.3) is 0 Å². The van der Waals surface area contributed by atoms with Crippen LogP contribution in [0.3, 0.4) is 0 Å². The van der Waals surface area contributed by atoms with E-state index in [1.807, 2.05) is 30.3 Å². The van der Waals surface area contributed by atoms with Crippen LogP contribution >= 0.6 is 11.8 Å². The van der Waals surface area contributed by atoms with Gasteiger partial charge in [-0.1, -0.05) is 23.9 Å². The minimum Gasteiger partial charge on any atom is -0.466 e. The minimum atomic E-state index is -0.243. The van der Waals surface area contributed by atoms with Crippen LogP contribution in [-0.4, -0.2) is 66.6 Å². The number of anilines is 1. The molecule has 2 aromatic rings. The van der Waals surface area contributed by atoms with Crippen LogP contribution in [0.1, 0.15) is 54.2 Å². The molecule has 2 aliphatic heterocycles. The van der Waals surface area contributed by atoms with Crippen LogP contribution in [0.4, 0.5) is 5.82 Å². The van der Waals surface area contributed by atoms with Gasteiger partial charge in [0.15, 0.2) is 5.16 Å². The van der Waals surface area contributed by atoms with E-state index in [2.05, 4.69) is 9.88 Å². The maximum absolute atomic E-state index is 13.2. The smallest absolute Gasteiger partial charge is 0.310 e. The van der Waals surface area contributed by atoms with Crippen molar-refractivity contribution in [1.29, 1.82) is 0 Å². The Labute approximate surface area is 211 Å². The normalized spacial score (nSPS) is 18.1. The lowest BCUT2D eigenvalue weighted by Gasteiger charge is -2.31. The van der Waals surface area contributed by atoms with Gasteiger partial charge in [0.1, 0.15) is 5.82 Å². The van der Waals surface area contributed by atoms with Crippen molar-refractivity contribution in [3.8, 4) is 0 Å². The molecule has 0 aliphatic carbocycles. The van der Waals surface area contributed by atoms with Crippen molar-refractivity contribution in [3.05, 3.63) is 47.2 Å². The van der Waals surface area contributed by atoms with Crippen LogP contribution in [0.15, 0.2) is 35.5 Å². The monoisotopic (exact) mass is 498 g/mol. The Hall–Kier alpha value is -2.65. The zero-order valence-electron chi connectivity index (χ0n) is 20.6. The fourth-order valence-electron chi connectivity index (χ4n) is 4.59. The Kier molecular flexibility index (Phi) is 8.98. The number of nitrogens with zero attached hydrogens (tertiary/aromatic N) is 4. The second-order valence-corrected chi connectivity index (χ2v) is 9.90. The lowest BCUT2D eigenvalue weighted by molar-refractivity contribution is -0.149. The van der Waals surface area contributed by atoms with E-state index in [1.54, 1.807) is 30.7 Å². The second-order valence-electron chi connectivity index (χ2n) is 8.96. The van der Waals surface area contributed by atoms with Crippen molar-refractivity contribution in [3.63, 3.8) is 0 Å². The molecule has 9 heteroatoms. The van der Waals surface area contributed by atoms with Gasteiger partial charge in [-0.05, 0) is 50.3 Å². The van der Waals surface area contributed by atoms with Crippen molar-refractivity contribution in [2.75, 3.05) is 44.8 Å². The third kappa shape index (κ3) is 6.73. The molecule has 0 spiro atoms. The predicted molar refractivity (Wildman–Crippen MR) is 135 cm³/mol. The average Bonchev–Trinajstić information content (AvgIpc) is 3.43. The minimum absolute atomic E-state index is 0.0412. The number of esters is 1. The average molecular weight is 499 g/mol. The lowest BCUT2D eigenvalue weighted by atomic mass is 9.97. The lowest BCUT2D eigenvalue weighted by Crippen LogP contribution is -2.42. The maximum atomic E-state index is 13.2. The molecule has 3 heterocycles. The number of hydrogen-bond donors (Lipinski definition) is 0. The number of thioether (sulfide) groups is 1. The van der Waals surface area contributed by atoms with Crippen molar-refractivity contribution in [2.24, 2.45) is 5.92 Å². The number of amides is 1. The Balaban J connectivity index is 1.42. The first-order valence-corrected chi connectivity index (χ1v) is 13.4. The van der Waals surface area contributed by atoms with Crippen LogP contribution < -0.4 is 4.90 Å². The van der Waals surface area contributed by atoms with E-state index in [0.717, 1.165) is 43.0 Å². The van der Waals surface area contributed by atoms with Crippen molar-refractivity contribution < 1.29 is 19.1 Å². The van der Waals surface area contributed by atoms with Gasteiger partial charge >= 0.3 is 5.97 Å². The van der Waals surface area contributed by atoms with Gasteiger partial charge in [-0.3, -0.25) is 9.59 Å². The van der Waals surface area contributed by atoms with Gasteiger partial charge in [-0.25, -0.2) is 9.97 Å². The van der Waals surface area contributed by atoms with Crippen molar-refractivity contribution in [1.82, 2.24) is 14.9 Å². The number of piperidine rings is 1. The number of carbonyl (C=O) groups excluding carboxylic acids is 2. The summed E-state index contributed by atoms with van der Waals surface area (Å²) in [5, 5.41) is 0.714. The first-order valence-electron chi connectivity index (χ1n) is 12.4. The van der Waals surface area contributed by atoms with E-state index in [1.165, 1.54) is 12.8 Å². The highest BCUT2D eigenvalue weighted by Gasteiger charge is 2.29. The van der Waals surface area contributed by atoms with Crippen LogP contribution in [0, 0.1) is 5.92 Å². The fourth-order valence-corrected chi connectivity index (χ4v) is 5.41. The van der Waals surface area contributed by atoms with Gasteiger partial charge in [0.05, 0.1) is 24.8 Å². The predicted octanol–water partition coefficient (Wildman–Crippen LogP) is 3.93. The molecule has 1 aromatic carbocycles. The van der Waals surface area contributed by atoms with Crippen LogP contribution in [0.5, 0.6) is 0 Å². The SMILES string of the molecule is CCOC(=O)C1CCCN(C(=O)c2cccc(CSc3nc(COC)cc(N4CCCC4)n3)c2)C1. The fraction of sp³-hybridized carbons (Fsp3) is 0.538. The number of benzene rings is 1. The standard InChI is InChI=1S/C26H34N4O4S/c1-3-34-25(32)21-10-7-13-30(16-21)24(31)20-9-6-8-19(14-20)18-35-26-27-22(17-33-2)15-23(28-26)29-11-4-5-12-29/h6,8-9,14-15,21H,3-5,7,10-13,16-18H2,1-2H3. The van der Waals surface area contributed by atoms with E-state index >= 15 is 0 Å². The molecule has 1 atom stereocenters. The first-order chi connectivity index (χ1) is 17.1. The summed E-state index contributed by atoms with van der Waals surface area (Å²) in [5.41, 5.74) is 2.54. The number of methoxy groups -OCH3 is 1. The molecule has 0 saturated carbocycles. The number of aromatic nitrogens is 2. The Bertz CT molecular complexity index is 1030. The Morgan fingerprint density at radius 2 is 1.94 bits per heavy atom. The molecule has 1 aromatic heterocycles. The van der Waals surface area contributed by atoms with Crippen molar-refractivity contribution in [2.45, 2.75) is 50.1 Å². The molecule has 2 fully saturated rings. The van der Waals surface area contributed by atoms with Gasteiger partial charge in [0, 0.05) is 50.7 Å². The van der Waals surface area contributed by atoms with Crippen molar-refractivity contribution >= 4 is 29.5 Å². The van der Waals surface area contributed by atoms with E-state index in [9.17, 15) is 9.59 Å². The summed E-state index contributed by atoms with van der Waals surface area (Å²) in [4.78, 5) is 38.9. The third-order valence-corrected chi connectivity index (χ3v) is 7.26. The zero-order valence-corrected chi connectivity index (χ0v) is 21.4. The van der Waals surface area contributed by atoms with Crippen LogP contribution in [-0.2, 0) is 26.6 Å². The largest absolute Gasteiger partial charge is 0.466 e. The Morgan fingerprint density at radius 3 is 2.71 bits per heavy atom. The zero-order chi connectivity index (χ0) is 24.6. The summed E-state index contributed by atoms with van der Waals surface area (Å²) < 4.78 is 10.5. The van der Waals surface area contributed by atoms with E-state index in [-0.39, 0.29) is 17.8 Å². The number of rotatable bonds is 9. The summed E-state index contributed by atoms with van der Waals surface area (Å²) in [6.07, 6.45) is 3.94. The highest BCUT2D eigenvalue weighted by molar-refractivity contribution is 7.98. The number of carbonyl (C=O) groups is 2. The summed E-state index contributed by atoms with van der Waals surface area (Å²) in [5.74, 6) is 1.12. The molecule has 0 radical (unpaired) electrons. The number of likely N-dealkylation sites (tertiary alicyclic amines) is 1. The molecule has 2 aliphatic rings. The van der Waals surface area contributed by atoms with E-state index in [4.69, 9.17) is 14.5 Å². The first kappa shape index (κ1) is 25.4. The van der Waals surface area contributed by atoms with Gasteiger partial charge in [-0.2, -0.15) is 0 Å². The maximum Gasteiger partial charge on any atom is 0.310 e. The third-order valence-electron chi connectivity index (χ3n) is 6.34. The van der Waals surface area contributed by atoms with E-state index in [0.29, 0.717) is 42.8 Å². The highest BCUT2D eigenvalue weighted by atomic mass is 32.2. The quantitative estimate of drug-likeness (QED) is 0.292. The van der Waals surface area contributed by atoms with Gasteiger partial charge in [-0.15, -0.1) is 0 Å². The molecule has 1 unspecified atom stereocenters. The van der Waals surface area contributed by atoms with Gasteiger partial charge < -0.3 is 19.3 Å². The molecule has 1 amide bonds. The highest BCUT2D eigenvalue weighted by Crippen LogP contribution is 2.26. The molecule has 8 nitrogen and oxygen atoms in total. The summed E-state index contributed by atoms with van der Waals surface area (Å²) >= 11 is 1.56. The molecule has 4 rings (SSSR count). The molecule has 2 saturated heterocycles. The molecular weight excluding hydrogens is 464 g/mol. The topological polar surface area (TPSA) is 84.9 Å². The van der Waals surface area contributed by atoms with Gasteiger partial charge in [0.2, 0.25) is 0 Å². The Morgan fingerprint density at radius 1 is 1.11 bits per heavy atom. The number of ether oxygens (including phenoxy) is 2. The summed E-state index contributed by atoms with van der Waals surface area (Å²) in [7, 11) is 1.67. The molecule has 0 N–H and O–H groups in total. The molecule has 188 valence electrons. The molecule has 0 bridgehead atoms. The van der Waals surface area contributed by atoms with Crippen LogP contribution in [0.2, 0.25) is 0 Å². The van der Waals surface area contributed by atoms with Gasteiger partial charge in [0.25, 0.3) is 5.91 Å². The van der Waals surface area contributed by atoms with E-state index < -0.39 is 0 Å². The molecular formula is C26H34N4O4S. The summed E-state index contributed by atoms with van der Waals surface area (Å²) in [6.45, 7) is 5.73. The second kappa shape index (κ2) is 12.4. The number of hydrogen-bond acceptors (Lipinski definition) is 8.